The van der Waals surface area contributed by atoms with Gasteiger partial charge in [-0.15, -0.1) is 0 Å². The summed E-state index contributed by atoms with van der Waals surface area (Å²) < 4.78 is 0. The van der Waals surface area contributed by atoms with Gasteiger partial charge in [0.25, 0.3) is 11.8 Å². The van der Waals surface area contributed by atoms with E-state index in [-0.39, 0.29) is 17.9 Å². The third-order valence-electron chi connectivity index (χ3n) is 8.49. The molecular weight excluding hydrogens is 498 g/mol. The first-order valence-electron chi connectivity index (χ1n) is 14.5. The maximum absolute atomic E-state index is 13.7. The Labute approximate surface area is 236 Å². The molecule has 40 heavy (non-hydrogen) atoms. The first-order valence-corrected chi connectivity index (χ1v) is 14.5. The van der Waals surface area contributed by atoms with Crippen molar-refractivity contribution >= 4 is 17.5 Å². The second-order valence-electron chi connectivity index (χ2n) is 11.7. The molecule has 6 rings (SSSR count). The van der Waals surface area contributed by atoms with Crippen molar-refractivity contribution in [3.63, 3.8) is 0 Å². The fourth-order valence-electron chi connectivity index (χ4n) is 5.92. The molecule has 3 aliphatic rings. The monoisotopic (exact) mass is 535 g/mol. The molecule has 2 heterocycles. The summed E-state index contributed by atoms with van der Waals surface area (Å²) in [4.78, 5) is 36.6. The highest BCUT2D eigenvalue weighted by atomic mass is 16.7. The van der Waals surface area contributed by atoms with Gasteiger partial charge in [-0.25, -0.2) is 0 Å². The van der Waals surface area contributed by atoms with Gasteiger partial charge in [-0.05, 0) is 73.8 Å². The van der Waals surface area contributed by atoms with Crippen molar-refractivity contribution in [2.45, 2.75) is 63.6 Å². The summed E-state index contributed by atoms with van der Waals surface area (Å²) in [6.07, 6.45) is 5.61. The number of carbonyl (C=O) groups excluding carboxylic acids is 2. The first-order chi connectivity index (χ1) is 19.5. The average molecular weight is 536 g/mol. The van der Waals surface area contributed by atoms with Crippen LogP contribution in [0.1, 0.15) is 66.1 Å². The highest BCUT2D eigenvalue weighted by molar-refractivity contribution is 6.06. The highest BCUT2D eigenvalue weighted by Gasteiger charge is 2.48. The molecule has 2 amide bonds. The van der Waals surface area contributed by atoms with Crippen LogP contribution in [-0.4, -0.2) is 52.1 Å². The van der Waals surface area contributed by atoms with Crippen LogP contribution in [0.15, 0.2) is 90.1 Å². The minimum absolute atomic E-state index is 0.0138. The highest BCUT2D eigenvalue weighted by Crippen LogP contribution is 2.35. The molecule has 0 N–H and O–H groups in total. The van der Waals surface area contributed by atoms with Crippen LogP contribution >= 0.6 is 0 Å². The predicted octanol–water partition coefficient (Wildman–Crippen LogP) is 5.86. The van der Waals surface area contributed by atoms with Crippen LogP contribution < -0.4 is 0 Å². The van der Waals surface area contributed by atoms with E-state index in [2.05, 4.69) is 47.6 Å². The van der Waals surface area contributed by atoms with Gasteiger partial charge >= 0.3 is 0 Å². The third kappa shape index (κ3) is 5.81. The Morgan fingerprint density at radius 1 is 0.875 bits per heavy atom. The smallest absolute Gasteiger partial charge is 0.270 e. The Morgan fingerprint density at radius 3 is 2.12 bits per heavy atom. The minimum atomic E-state index is -1.02. The number of piperidine rings is 1. The normalized spacial score (nSPS) is 21.0. The van der Waals surface area contributed by atoms with E-state index in [9.17, 15) is 9.59 Å². The Bertz CT molecular complexity index is 1360. The fraction of sp³-hybridized carbons (Fsp3) is 0.382. The average Bonchev–Trinajstić information content (AvgIpc) is 3.77. The lowest BCUT2D eigenvalue weighted by Gasteiger charge is -2.32. The van der Waals surface area contributed by atoms with Crippen LogP contribution in [0.5, 0.6) is 0 Å². The van der Waals surface area contributed by atoms with Crippen LogP contribution in [0.2, 0.25) is 0 Å². The van der Waals surface area contributed by atoms with Gasteiger partial charge in [0.05, 0.1) is 5.71 Å². The Balaban J connectivity index is 1.05. The standard InChI is InChI=1S/C34H37N3O3/c1-34(33(39)37(30-16-17-30)24-27-10-6-3-7-11-27)23-31(35-40-34)28-12-14-29(15-13-28)32(38)36-20-18-26(19-21-36)22-25-8-4-2-5-9-25/h2-15,26,30H,16-24H2,1H3. The number of carbonyl (C=O) groups is 2. The number of benzene rings is 3. The molecule has 1 aliphatic carbocycles. The molecule has 0 radical (unpaired) electrons. The molecule has 3 aromatic carbocycles. The van der Waals surface area contributed by atoms with Gasteiger partial charge in [0.15, 0.2) is 0 Å². The number of hydrogen-bond donors (Lipinski definition) is 0. The molecule has 1 unspecified atom stereocenters. The van der Waals surface area contributed by atoms with Crippen molar-refractivity contribution in [2.75, 3.05) is 13.1 Å². The molecule has 2 aliphatic heterocycles. The molecule has 1 saturated carbocycles. The van der Waals surface area contributed by atoms with E-state index >= 15 is 0 Å². The minimum Gasteiger partial charge on any atom is -0.379 e. The summed E-state index contributed by atoms with van der Waals surface area (Å²) in [7, 11) is 0. The van der Waals surface area contributed by atoms with Gasteiger partial charge in [-0.3, -0.25) is 9.59 Å². The number of amides is 2. The van der Waals surface area contributed by atoms with Crippen LogP contribution in [0, 0.1) is 5.92 Å². The molecule has 2 fully saturated rings. The first kappa shape index (κ1) is 26.3. The summed E-state index contributed by atoms with van der Waals surface area (Å²) >= 11 is 0. The topological polar surface area (TPSA) is 62.2 Å². The van der Waals surface area contributed by atoms with Crippen molar-refractivity contribution in [3.8, 4) is 0 Å². The molecule has 6 nitrogen and oxygen atoms in total. The third-order valence-corrected chi connectivity index (χ3v) is 8.49. The van der Waals surface area contributed by atoms with Gasteiger partial charge in [0, 0.05) is 37.7 Å². The van der Waals surface area contributed by atoms with Gasteiger partial charge in [0.2, 0.25) is 5.60 Å². The van der Waals surface area contributed by atoms with E-state index in [1.165, 1.54) is 5.56 Å². The Kier molecular flexibility index (Phi) is 7.42. The number of oxime groups is 1. The molecule has 0 spiro atoms. The van der Waals surface area contributed by atoms with E-state index < -0.39 is 5.60 Å². The van der Waals surface area contributed by atoms with Crippen molar-refractivity contribution in [2.24, 2.45) is 11.1 Å². The summed E-state index contributed by atoms with van der Waals surface area (Å²) in [5.41, 5.74) is 3.78. The zero-order valence-corrected chi connectivity index (χ0v) is 23.2. The summed E-state index contributed by atoms with van der Waals surface area (Å²) in [5, 5.41) is 4.33. The maximum atomic E-state index is 13.7. The van der Waals surface area contributed by atoms with Crippen molar-refractivity contribution in [1.82, 2.24) is 9.80 Å². The number of rotatable bonds is 8. The Morgan fingerprint density at radius 2 is 1.50 bits per heavy atom. The van der Waals surface area contributed by atoms with Crippen LogP contribution in [-0.2, 0) is 22.6 Å². The zero-order valence-electron chi connectivity index (χ0n) is 23.2. The van der Waals surface area contributed by atoms with E-state index in [1.807, 2.05) is 59.2 Å². The molecule has 1 saturated heterocycles. The number of nitrogens with zero attached hydrogens (tertiary/aromatic N) is 3. The molecule has 0 bridgehead atoms. The summed E-state index contributed by atoms with van der Waals surface area (Å²) in [5.74, 6) is 0.685. The van der Waals surface area contributed by atoms with Crippen molar-refractivity contribution in [1.29, 1.82) is 0 Å². The fourth-order valence-corrected chi connectivity index (χ4v) is 5.92. The molecule has 6 heteroatoms. The molecular formula is C34H37N3O3. The molecule has 206 valence electrons. The largest absolute Gasteiger partial charge is 0.379 e. The maximum Gasteiger partial charge on any atom is 0.270 e. The van der Waals surface area contributed by atoms with Crippen LogP contribution in [0.4, 0.5) is 0 Å². The Hall–Kier alpha value is -3.93. The van der Waals surface area contributed by atoms with E-state index in [4.69, 9.17) is 4.84 Å². The lowest BCUT2D eigenvalue weighted by Crippen LogP contribution is -2.48. The lowest BCUT2D eigenvalue weighted by molar-refractivity contribution is -0.154. The van der Waals surface area contributed by atoms with Gasteiger partial charge in [-0.2, -0.15) is 0 Å². The quantitative estimate of drug-likeness (QED) is 0.363. The molecule has 1 atom stereocenters. The van der Waals surface area contributed by atoms with Gasteiger partial charge in [-0.1, -0.05) is 78.0 Å². The SMILES string of the molecule is CC1(C(=O)N(Cc2ccccc2)C2CC2)CC(c2ccc(C(=O)N3CCC(Cc4ccccc4)CC3)cc2)=NO1. The summed E-state index contributed by atoms with van der Waals surface area (Å²) in [6.45, 7) is 4.00. The van der Waals surface area contributed by atoms with E-state index in [0.29, 0.717) is 24.4 Å². The molecule has 0 aromatic heterocycles. The van der Waals surface area contributed by atoms with Crippen LogP contribution in [0.25, 0.3) is 0 Å². The van der Waals surface area contributed by atoms with Gasteiger partial charge < -0.3 is 14.6 Å². The van der Waals surface area contributed by atoms with Crippen molar-refractivity contribution in [3.05, 3.63) is 107 Å². The van der Waals surface area contributed by atoms with E-state index in [1.54, 1.807) is 0 Å². The van der Waals surface area contributed by atoms with E-state index in [0.717, 1.165) is 62.0 Å². The van der Waals surface area contributed by atoms with Crippen molar-refractivity contribution < 1.29 is 14.4 Å². The van der Waals surface area contributed by atoms with Gasteiger partial charge in [0.1, 0.15) is 0 Å². The number of likely N-dealkylation sites (tertiary alicyclic amines) is 1. The predicted molar refractivity (Wildman–Crippen MR) is 156 cm³/mol. The second-order valence-corrected chi connectivity index (χ2v) is 11.7. The second kappa shape index (κ2) is 11.3. The lowest BCUT2D eigenvalue weighted by atomic mass is 9.90. The molecule has 3 aromatic rings. The zero-order chi connectivity index (χ0) is 27.5. The van der Waals surface area contributed by atoms with Crippen LogP contribution in [0.3, 0.4) is 0 Å². The summed E-state index contributed by atoms with van der Waals surface area (Å²) in [6, 6.07) is 28.6. The number of hydrogen-bond acceptors (Lipinski definition) is 4.